The third kappa shape index (κ3) is 5.87. The summed E-state index contributed by atoms with van der Waals surface area (Å²) in [5.41, 5.74) is -0.221. The number of aromatic nitrogens is 2. The van der Waals surface area contributed by atoms with E-state index in [2.05, 4.69) is 20.8 Å². The number of amides is 1. The third-order valence-corrected chi connectivity index (χ3v) is 3.75. The molecule has 2 rings (SSSR count). The van der Waals surface area contributed by atoms with Crippen LogP contribution >= 0.6 is 0 Å². The lowest BCUT2D eigenvalue weighted by molar-refractivity contribution is -0.143. The van der Waals surface area contributed by atoms with Gasteiger partial charge in [0.15, 0.2) is 5.82 Å². The Morgan fingerprint density at radius 2 is 1.88 bits per heavy atom. The minimum Gasteiger partial charge on any atom is -0.466 e. The molecule has 3 N–H and O–H groups in total. The Labute approximate surface area is 151 Å². The highest BCUT2D eigenvalue weighted by atomic mass is 16.5. The quantitative estimate of drug-likeness (QED) is 0.438. The monoisotopic (exact) mass is 360 g/mol. The molecular formula is C18H24N4O4. The van der Waals surface area contributed by atoms with E-state index in [1.807, 2.05) is 12.1 Å². The van der Waals surface area contributed by atoms with Crippen molar-refractivity contribution in [1.82, 2.24) is 15.5 Å². The standard InChI is InChI=1S/C18H24N4O4/c1-2-26-16(24)10-5-9-15(23)19-11-6-12-20-17-13-7-3-4-8-14(13)18(25)22-21-17/h3-4,7-8H,2,5-6,9-12H2,1H3,(H,19,23)(H,20,21)(H,22,25). The Kier molecular flexibility index (Phi) is 7.60. The van der Waals surface area contributed by atoms with Gasteiger partial charge in [0, 0.05) is 31.3 Å². The van der Waals surface area contributed by atoms with Crippen molar-refractivity contribution in [3.63, 3.8) is 0 Å². The molecule has 1 heterocycles. The van der Waals surface area contributed by atoms with Gasteiger partial charge >= 0.3 is 5.97 Å². The first-order valence-electron chi connectivity index (χ1n) is 8.75. The van der Waals surface area contributed by atoms with E-state index in [0.29, 0.717) is 50.2 Å². The molecule has 0 aliphatic carbocycles. The van der Waals surface area contributed by atoms with Crippen molar-refractivity contribution in [2.24, 2.45) is 0 Å². The number of rotatable bonds is 10. The molecule has 8 heteroatoms. The topological polar surface area (TPSA) is 113 Å². The SMILES string of the molecule is CCOC(=O)CCCC(=O)NCCCNc1n[nH]c(=O)c2ccccc12. The maximum absolute atomic E-state index is 11.7. The van der Waals surface area contributed by atoms with Crippen LogP contribution in [0.25, 0.3) is 10.8 Å². The van der Waals surface area contributed by atoms with Crippen LogP contribution in [0.3, 0.4) is 0 Å². The van der Waals surface area contributed by atoms with E-state index in [-0.39, 0.29) is 23.9 Å². The molecule has 0 fully saturated rings. The van der Waals surface area contributed by atoms with Gasteiger partial charge in [0.05, 0.1) is 12.0 Å². The van der Waals surface area contributed by atoms with Crippen LogP contribution < -0.4 is 16.2 Å². The van der Waals surface area contributed by atoms with Crippen LogP contribution in [-0.2, 0) is 14.3 Å². The van der Waals surface area contributed by atoms with Crippen LogP contribution in [0.5, 0.6) is 0 Å². The number of hydrogen-bond acceptors (Lipinski definition) is 6. The first-order valence-corrected chi connectivity index (χ1v) is 8.75. The van der Waals surface area contributed by atoms with E-state index in [1.54, 1.807) is 19.1 Å². The molecule has 0 spiro atoms. The molecule has 0 aliphatic heterocycles. The Hall–Kier alpha value is -2.90. The number of carbonyl (C=O) groups is 2. The third-order valence-electron chi connectivity index (χ3n) is 3.75. The number of H-pyrrole nitrogens is 1. The number of carbonyl (C=O) groups excluding carboxylic acids is 2. The van der Waals surface area contributed by atoms with Gasteiger partial charge in [-0.25, -0.2) is 5.10 Å². The van der Waals surface area contributed by atoms with Crippen molar-refractivity contribution in [2.45, 2.75) is 32.6 Å². The second-order valence-electron chi connectivity index (χ2n) is 5.74. The van der Waals surface area contributed by atoms with Crippen LogP contribution in [0.4, 0.5) is 5.82 Å². The number of anilines is 1. The number of aromatic amines is 1. The lowest BCUT2D eigenvalue weighted by Crippen LogP contribution is -2.26. The van der Waals surface area contributed by atoms with E-state index >= 15 is 0 Å². The molecule has 1 amide bonds. The van der Waals surface area contributed by atoms with Crippen molar-refractivity contribution in [1.29, 1.82) is 0 Å². The summed E-state index contributed by atoms with van der Waals surface area (Å²) in [6.07, 6.45) is 1.75. The summed E-state index contributed by atoms with van der Waals surface area (Å²) in [5.74, 6) is 0.257. The highest BCUT2D eigenvalue weighted by Crippen LogP contribution is 2.16. The number of benzene rings is 1. The number of esters is 1. The van der Waals surface area contributed by atoms with E-state index in [4.69, 9.17) is 4.74 Å². The molecule has 0 atom stereocenters. The van der Waals surface area contributed by atoms with Crippen LogP contribution in [0.1, 0.15) is 32.6 Å². The summed E-state index contributed by atoms with van der Waals surface area (Å²) in [6.45, 7) is 3.24. The minimum absolute atomic E-state index is 0.0816. The van der Waals surface area contributed by atoms with Crippen molar-refractivity contribution in [3.8, 4) is 0 Å². The molecule has 26 heavy (non-hydrogen) atoms. The van der Waals surface area contributed by atoms with E-state index < -0.39 is 0 Å². The number of nitrogens with zero attached hydrogens (tertiary/aromatic N) is 1. The largest absolute Gasteiger partial charge is 0.466 e. The first-order chi connectivity index (χ1) is 12.6. The molecule has 1 aromatic heterocycles. The average Bonchev–Trinajstić information content (AvgIpc) is 2.63. The summed E-state index contributed by atoms with van der Waals surface area (Å²) < 4.78 is 4.81. The zero-order valence-corrected chi connectivity index (χ0v) is 14.8. The van der Waals surface area contributed by atoms with Gasteiger partial charge in [-0.05, 0) is 25.8 Å². The summed E-state index contributed by atoms with van der Waals surface area (Å²) in [4.78, 5) is 34.6. The highest BCUT2D eigenvalue weighted by molar-refractivity contribution is 5.90. The average molecular weight is 360 g/mol. The van der Waals surface area contributed by atoms with Crippen molar-refractivity contribution >= 4 is 28.5 Å². The van der Waals surface area contributed by atoms with Crippen LogP contribution in [0, 0.1) is 0 Å². The molecule has 0 unspecified atom stereocenters. The van der Waals surface area contributed by atoms with Gasteiger partial charge < -0.3 is 15.4 Å². The normalized spacial score (nSPS) is 10.5. The predicted octanol–water partition coefficient (Wildman–Crippen LogP) is 1.57. The van der Waals surface area contributed by atoms with Gasteiger partial charge in [-0.3, -0.25) is 14.4 Å². The Bertz CT molecular complexity index is 803. The van der Waals surface area contributed by atoms with Gasteiger partial charge in [0.25, 0.3) is 5.56 Å². The first kappa shape index (κ1) is 19.4. The molecule has 0 saturated carbocycles. The van der Waals surface area contributed by atoms with Gasteiger partial charge in [0.1, 0.15) is 0 Å². The van der Waals surface area contributed by atoms with Gasteiger partial charge in [-0.2, -0.15) is 5.10 Å². The molecule has 0 saturated heterocycles. The number of hydrogen-bond donors (Lipinski definition) is 3. The second kappa shape index (κ2) is 10.2. The summed E-state index contributed by atoms with van der Waals surface area (Å²) in [5, 5.41) is 13.8. The van der Waals surface area contributed by atoms with Crippen molar-refractivity contribution in [3.05, 3.63) is 34.6 Å². The predicted molar refractivity (Wildman–Crippen MR) is 99.0 cm³/mol. The Morgan fingerprint density at radius 1 is 1.12 bits per heavy atom. The maximum Gasteiger partial charge on any atom is 0.305 e. The zero-order valence-electron chi connectivity index (χ0n) is 14.8. The van der Waals surface area contributed by atoms with Crippen LogP contribution in [0.2, 0.25) is 0 Å². The Morgan fingerprint density at radius 3 is 2.65 bits per heavy atom. The van der Waals surface area contributed by atoms with E-state index in [9.17, 15) is 14.4 Å². The molecule has 8 nitrogen and oxygen atoms in total. The molecular weight excluding hydrogens is 336 g/mol. The molecule has 0 bridgehead atoms. The maximum atomic E-state index is 11.7. The van der Waals surface area contributed by atoms with Crippen LogP contribution in [0.15, 0.2) is 29.1 Å². The summed E-state index contributed by atoms with van der Waals surface area (Å²) in [7, 11) is 0. The van der Waals surface area contributed by atoms with Gasteiger partial charge in [-0.1, -0.05) is 18.2 Å². The van der Waals surface area contributed by atoms with Crippen LogP contribution in [-0.4, -0.2) is 41.8 Å². The lowest BCUT2D eigenvalue weighted by atomic mass is 10.2. The van der Waals surface area contributed by atoms with Crippen molar-refractivity contribution in [2.75, 3.05) is 25.0 Å². The zero-order chi connectivity index (χ0) is 18.8. The number of fused-ring (bicyclic) bond motifs is 1. The smallest absolute Gasteiger partial charge is 0.305 e. The number of ether oxygens (including phenoxy) is 1. The van der Waals surface area contributed by atoms with Gasteiger partial charge in [0.2, 0.25) is 5.91 Å². The number of nitrogens with one attached hydrogen (secondary N) is 3. The van der Waals surface area contributed by atoms with Gasteiger partial charge in [-0.15, -0.1) is 0 Å². The lowest BCUT2D eigenvalue weighted by Gasteiger charge is -2.09. The van der Waals surface area contributed by atoms with E-state index in [0.717, 1.165) is 5.39 Å². The molecule has 2 aromatic rings. The molecule has 140 valence electrons. The summed E-state index contributed by atoms with van der Waals surface area (Å²) >= 11 is 0. The minimum atomic E-state index is -0.273. The second-order valence-corrected chi connectivity index (χ2v) is 5.74. The fraction of sp³-hybridized carbons (Fsp3) is 0.444. The molecule has 1 aromatic carbocycles. The highest BCUT2D eigenvalue weighted by Gasteiger charge is 2.06. The fourth-order valence-corrected chi connectivity index (χ4v) is 2.49. The fourth-order valence-electron chi connectivity index (χ4n) is 2.49. The molecule has 0 aliphatic rings. The van der Waals surface area contributed by atoms with E-state index in [1.165, 1.54) is 0 Å². The molecule has 0 radical (unpaired) electrons. The van der Waals surface area contributed by atoms with Crippen molar-refractivity contribution < 1.29 is 14.3 Å². The summed E-state index contributed by atoms with van der Waals surface area (Å²) in [6, 6.07) is 7.24. The Balaban J connectivity index is 1.67.